The third-order valence-electron chi connectivity index (χ3n) is 3.28. The Bertz CT molecular complexity index is 515. The lowest BCUT2D eigenvalue weighted by Gasteiger charge is -2.14. The minimum Gasteiger partial charge on any atom is -0.494 e. The lowest BCUT2D eigenvalue weighted by Crippen LogP contribution is -2.38. The number of likely N-dealkylation sites (N-methyl/N-ethyl adjacent to an activating group) is 1. The lowest BCUT2D eigenvalue weighted by molar-refractivity contribution is 0.306. The Labute approximate surface area is 134 Å². The fourth-order valence-corrected chi connectivity index (χ4v) is 3.13. The van der Waals surface area contributed by atoms with Crippen LogP contribution in [0.2, 0.25) is 0 Å². The zero-order valence-corrected chi connectivity index (χ0v) is 14.6. The standard InChI is InChI=1S/C16H28N2O3S/c1-4-6-7-12-21-15-8-10-16(11-9-15)22(19,20)18-13-14(3)17-5-2/h8-11,14,17-18H,4-7,12-13H2,1-3H3/t14-/m1/s1. The molecule has 0 saturated heterocycles. The first-order chi connectivity index (χ1) is 10.5. The van der Waals surface area contributed by atoms with E-state index in [4.69, 9.17) is 4.74 Å². The molecule has 0 heterocycles. The number of hydrogen-bond acceptors (Lipinski definition) is 4. The quantitative estimate of drug-likeness (QED) is 0.613. The van der Waals surface area contributed by atoms with Gasteiger partial charge in [0.15, 0.2) is 0 Å². The first-order valence-corrected chi connectivity index (χ1v) is 9.43. The minimum atomic E-state index is -3.47. The van der Waals surface area contributed by atoms with Gasteiger partial charge < -0.3 is 10.1 Å². The second kappa shape index (κ2) is 9.82. The second-order valence-corrected chi connectivity index (χ2v) is 7.10. The highest BCUT2D eigenvalue weighted by Crippen LogP contribution is 2.16. The molecule has 0 aliphatic rings. The van der Waals surface area contributed by atoms with E-state index in [1.807, 2.05) is 13.8 Å². The zero-order valence-electron chi connectivity index (χ0n) is 13.8. The van der Waals surface area contributed by atoms with Gasteiger partial charge in [0.1, 0.15) is 5.75 Å². The maximum Gasteiger partial charge on any atom is 0.240 e. The van der Waals surface area contributed by atoms with E-state index >= 15 is 0 Å². The Hall–Kier alpha value is -1.11. The molecule has 126 valence electrons. The van der Waals surface area contributed by atoms with E-state index < -0.39 is 10.0 Å². The molecule has 0 aromatic heterocycles. The molecule has 22 heavy (non-hydrogen) atoms. The molecule has 5 nitrogen and oxygen atoms in total. The molecule has 1 rings (SSSR count). The van der Waals surface area contributed by atoms with Crippen molar-refractivity contribution in [3.05, 3.63) is 24.3 Å². The van der Waals surface area contributed by atoms with Crippen LogP contribution in [0.25, 0.3) is 0 Å². The van der Waals surface area contributed by atoms with Crippen LogP contribution in [-0.2, 0) is 10.0 Å². The third-order valence-corrected chi connectivity index (χ3v) is 4.72. The summed E-state index contributed by atoms with van der Waals surface area (Å²) in [5.41, 5.74) is 0. The van der Waals surface area contributed by atoms with Crippen LogP contribution in [0.15, 0.2) is 29.2 Å². The second-order valence-electron chi connectivity index (χ2n) is 5.34. The van der Waals surface area contributed by atoms with Crippen LogP contribution in [0.1, 0.15) is 40.0 Å². The van der Waals surface area contributed by atoms with Gasteiger partial charge in [0.25, 0.3) is 0 Å². The Balaban J connectivity index is 2.53. The van der Waals surface area contributed by atoms with E-state index in [2.05, 4.69) is 17.0 Å². The van der Waals surface area contributed by atoms with Gasteiger partial charge in [-0.2, -0.15) is 0 Å². The number of nitrogens with one attached hydrogen (secondary N) is 2. The summed E-state index contributed by atoms with van der Waals surface area (Å²) < 4.78 is 32.5. The molecule has 6 heteroatoms. The first-order valence-electron chi connectivity index (χ1n) is 7.95. The molecule has 0 aliphatic heterocycles. The average molecular weight is 328 g/mol. The van der Waals surface area contributed by atoms with Crippen LogP contribution >= 0.6 is 0 Å². The minimum absolute atomic E-state index is 0.0981. The van der Waals surface area contributed by atoms with E-state index in [9.17, 15) is 8.42 Å². The Morgan fingerprint density at radius 3 is 2.41 bits per heavy atom. The molecule has 1 aromatic rings. The molecule has 0 unspecified atom stereocenters. The van der Waals surface area contributed by atoms with Crippen molar-refractivity contribution in [3.63, 3.8) is 0 Å². The summed E-state index contributed by atoms with van der Waals surface area (Å²) >= 11 is 0. The van der Waals surface area contributed by atoms with Crippen LogP contribution < -0.4 is 14.8 Å². The van der Waals surface area contributed by atoms with Gasteiger partial charge in [-0.05, 0) is 44.2 Å². The van der Waals surface area contributed by atoms with Crippen molar-refractivity contribution in [3.8, 4) is 5.75 Å². The predicted octanol–water partition coefficient (Wildman–Crippen LogP) is 2.53. The fourth-order valence-electron chi connectivity index (χ4n) is 2.00. The summed E-state index contributed by atoms with van der Waals surface area (Å²) in [7, 11) is -3.47. The van der Waals surface area contributed by atoms with Crippen LogP contribution in [0, 0.1) is 0 Å². The smallest absolute Gasteiger partial charge is 0.240 e. The van der Waals surface area contributed by atoms with E-state index in [0.29, 0.717) is 18.9 Å². The van der Waals surface area contributed by atoms with Crippen molar-refractivity contribution in [2.24, 2.45) is 0 Å². The highest BCUT2D eigenvalue weighted by Gasteiger charge is 2.14. The molecule has 1 aromatic carbocycles. The number of rotatable bonds is 11. The van der Waals surface area contributed by atoms with E-state index in [1.54, 1.807) is 24.3 Å². The van der Waals surface area contributed by atoms with Crippen LogP contribution in [0.3, 0.4) is 0 Å². The van der Waals surface area contributed by atoms with E-state index in [-0.39, 0.29) is 10.9 Å². The van der Waals surface area contributed by atoms with Crippen molar-refractivity contribution < 1.29 is 13.2 Å². The van der Waals surface area contributed by atoms with Crippen LogP contribution in [-0.4, -0.2) is 34.2 Å². The summed E-state index contributed by atoms with van der Waals surface area (Å²) in [4.78, 5) is 0.261. The van der Waals surface area contributed by atoms with Gasteiger partial charge >= 0.3 is 0 Å². The SMILES string of the molecule is CCCCCOc1ccc(S(=O)(=O)NC[C@@H](C)NCC)cc1. The number of hydrogen-bond donors (Lipinski definition) is 2. The van der Waals surface area contributed by atoms with Crippen molar-refractivity contribution in [2.45, 2.75) is 51.0 Å². The molecule has 0 spiro atoms. The highest BCUT2D eigenvalue weighted by atomic mass is 32.2. The molecule has 0 amide bonds. The average Bonchev–Trinajstić information content (AvgIpc) is 2.51. The topological polar surface area (TPSA) is 67.4 Å². The van der Waals surface area contributed by atoms with Gasteiger partial charge in [-0.1, -0.05) is 26.7 Å². The molecule has 0 radical (unpaired) electrons. The maximum absolute atomic E-state index is 12.2. The number of unbranched alkanes of at least 4 members (excludes halogenated alkanes) is 2. The fraction of sp³-hybridized carbons (Fsp3) is 0.625. The van der Waals surface area contributed by atoms with Crippen molar-refractivity contribution >= 4 is 10.0 Å². The summed E-state index contributed by atoms with van der Waals surface area (Å²) in [5.74, 6) is 0.705. The summed E-state index contributed by atoms with van der Waals surface area (Å²) in [5, 5.41) is 3.17. The Kier molecular flexibility index (Phi) is 8.45. The van der Waals surface area contributed by atoms with E-state index in [1.165, 1.54) is 0 Å². The summed E-state index contributed by atoms with van der Waals surface area (Å²) in [6.07, 6.45) is 3.30. The Morgan fingerprint density at radius 1 is 1.14 bits per heavy atom. The summed E-state index contributed by atoms with van der Waals surface area (Å²) in [6, 6.07) is 6.66. The first kappa shape index (κ1) is 18.9. The van der Waals surface area contributed by atoms with Gasteiger partial charge in [-0.25, -0.2) is 13.1 Å². The molecule has 0 aliphatic carbocycles. The third kappa shape index (κ3) is 6.77. The summed E-state index contributed by atoms with van der Waals surface area (Å²) in [6.45, 7) is 7.92. The molecule has 0 fully saturated rings. The van der Waals surface area contributed by atoms with Crippen LogP contribution in [0.5, 0.6) is 5.75 Å². The van der Waals surface area contributed by atoms with Gasteiger partial charge in [-0.3, -0.25) is 0 Å². The predicted molar refractivity (Wildman–Crippen MR) is 89.8 cm³/mol. The molecular formula is C16H28N2O3S. The van der Waals surface area contributed by atoms with Crippen LogP contribution in [0.4, 0.5) is 0 Å². The van der Waals surface area contributed by atoms with Gasteiger partial charge in [0, 0.05) is 12.6 Å². The molecule has 0 bridgehead atoms. The Morgan fingerprint density at radius 2 is 1.82 bits per heavy atom. The number of ether oxygens (including phenoxy) is 1. The number of sulfonamides is 1. The lowest BCUT2D eigenvalue weighted by atomic mass is 10.3. The van der Waals surface area contributed by atoms with E-state index in [0.717, 1.165) is 25.8 Å². The molecule has 1 atom stereocenters. The zero-order chi connectivity index (χ0) is 16.4. The van der Waals surface area contributed by atoms with Crippen molar-refractivity contribution in [1.29, 1.82) is 0 Å². The van der Waals surface area contributed by atoms with Crippen molar-refractivity contribution in [2.75, 3.05) is 19.7 Å². The maximum atomic E-state index is 12.2. The monoisotopic (exact) mass is 328 g/mol. The van der Waals surface area contributed by atoms with Gasteiger partial charge in [0.2, 0.25) is 10.0 Å². The number of benzene rings is 1. The normalized spacial score (nSPS) is 13.0. The molecular weight excluding hydrogens is 300 g/mol. The van der Waals surface area contributed by atoms with Gasteiger partial charge in [-0.15, -0.1) is 0 Å². The molecule has 2 N–H and O–H groups in total. The molecule has 0 saturated carbocycles. The largest absolute Gasteiger partial charge is 0.494 e. The highest BCUT2D eigenvalue weighted by molar-refractivity contribution is 7.89. The van der Waals surface area contributed by atoms with Gasteiger partial charge in [0.05, 0.1) is 11.5 Å². The van der Waals surface area contributed by atoms with Crippen molar-refractivity contribution in [1.82, 2.24) is 10.0 Å².